The largest absolute Gasteiger partial charge is 0.300 e. The Labute approximate surface area is 168 Å². The molecule has 1 heterocycles. The van der Waals surface area contributed by atoms with Crippen LogP contribution < -0.4 is 0 Å². The van der Waals surface area contributed by atoms with Crippen molar-refractivity contribution in [3.63, 3.8) is 0 Å². The Hall–Kier alpha value is -2.51. The maximum atomic E-state index is 13.4. The van der Waals surface area contributed by atoms with Gasteiger partial charge in [0.1, 0.15) is 5.82 Å². The third-order valence-corrected chi connectivity index (χ3v) is 5.64. The fourth-order valence-electron chi connectivity index (χ4n) is 2.74. The number of Topliss-reactive ketones (excluding diaryl/α,β-unsaturated/α-hetero) is 1. The molecular weight excluding hydrogens is 375 g/mol. The Morgan fingerprint density at radius 1 is 1.04 bits per heavy atom. The first kappa shape index (κ1) is 20.2. The van der Waals surface area contributed by atoms with E-state index in [1.54, 1.807) is 12.1 Å². The van der Waals surface area contributed by atoms with Gasteiger partial charge in [0.2, 0.25) is 0 Å². The van der Waals surface area contributed by atoms with Crippen LogP contribution in [0.1, 0.15) is 36.1 Å². The fraction of sp³-hybridized carbons (Fsp3) is 0.286. The molecular formula is C21H23FN4OS. The molecule has 3 rings (SSSR count). The van der Waals surface area contributed by atoms with Gasteiger partial charge in [-0.3, -0.25) is 14.3 Å². The summed E-state index contributed by atoms with van der Waals surface area (Å²) in [5.41, 5.74) is 1.43. The summed E-state index contributed by atoms with van der Waals surface area (Å²) in [6.45, 7) is 3.88. The lowest BCUT2D eigenvalue weighted by molar-refractivity contribution is 0.0994. The molecule has 0 spiro atoms. The zero-order chi connectivity index (χ0) is 20.3. The summed E-state index contributed by atoms with van der Waals surface area (Å²) < 4.78 is 15.3. The van der Waals surface area contributed by atoms with Crippen LogP contribution in [-0.4, -0.2) is 44.8 Å². The minimum atomic E-state index is -0.340. The number of hydrogen-bond donors (Lipinski definition) is 0. The standard InChI is InChI=1S/C21H23FN4OS/c1-14(25(3)4)20-23-24-21(26(20)18-12-10-17(22)11-13-18)28-15(2)19(27)16-8-6-5-7-9-16/h5-15H,1-4H3/t14-,15-/m1/s1. The van der Waals surface area contributed by atoms with Gasteiger partial charge in [-0.2, -0.15) is 0 Å². The molecule has 0 aliphatic heterocycles. The van der Waals surface area contributed by atoms with Gasteiger partial charge in [0.15, 0.2) is 16.8 Å². The van der Waals surface area contributed by atoms with E-state index in [0.717, 1.165) is 11.5 Å². The van der Waals surface area contributed by atoms with Crippen LogP contribution in [-0.2, 0) is 0 Å². The summed E-state index contributed by atoms with van der Waals surface area (Å²) >= 11 is 1.35. The SMILES string of the molecule is C[C@H](c1nnc(S[C@H](C)C(=O)c2ccccc2)n1-c1ccc(F)cc1)N(C)C. The molecule has 2 aromatic carbocycles. The van der Waals surface area contributed by atoms with Crippen LogP contribution in [0, 0.1) is 5.82 Å². The summed E-state index contributed by atoms with van der Waals surface area (Å²) in [4.78, 5) is 14.8. The molecule has 0 fully saturated rings. The second-order valence-electron chi connectivity index (χ2n) is 6.78. The molecule has 0 aliphatic carbocycles. The highest BCUT2D eigenvalue weighted by atomic mass is 32.2. The predicted octanol–water partition coefficient (Wildman–Crippen LogP) is 4.39. The maximum Gasteiger partial charge on any atom is 0.196 e. The Morgan fingerprint density at radius 2 is 1.68 bits per heavy atom. The first-order valence-corrected chi connectivity index (χ1v) is 9.90. The quantitative estimate of drug-likeness (QED) is 0.436. The number of ketones is 1. The molecule has 7 heteroatoms. The van der Waals surface area contributed by atoms with Gasteiger partial charge in [0.25, 0.3) is 0 Å². The molecule has 0 amide bonds. The first-order chi connectivity index (χ1) is 13.4. The van der Waals surface area contributed by atoms with E-state index in [0.29, 0.717) is 10.7 Å². The normalized spacial score (nSPS) is 13.5. The van der Waals surface area contributed by atoms with Crippen molar-refractivity contribution in [3.8, 4) is 5.69 Å². The zero-order valence-corrected chi connectivity index (χ0v) is 17.2. The lowest BCUT2D eigenvalue weighted by atomic mass is 10.1. The second kappa shape index (κ2) is 8.67. The summed E-state index contributed by atoms with van der Waals surface area (Å²) in [5, 5.41) is 8.97. The van der Waals surface area contributed by atoms with Crippen LogP contribution in [0.3, 0.4) is 0 Å². The lowest BCUT2D eigenvalue weighted by Crippen LogP contribution is -2.21. The number of halogens is 1. The average Bonchev–Trinajstić information content (AvgIpc) is 3.11. The molecule has 0 aliphatic rings. The monoisotopic (exact) mass is 398 g/mol. The summed E-state index contributed by atoms with van der Waals surface area (Å²) in [7, 11) is 3.92. The van der Waals surface area contributed by atoms with Gasteiger partial charge >= 0.3 is 0 Å². The van der Waals surface area contributed by atoms with Crippen LogP contribution in [0.2, 0.25) is 0 Å². The van der Waals surface area contributed by atoms with Crippen LogP contribution in [0.25, 0.3) is 5.69 Å². The van der Waals surface area contributed by atoms with Gasteiger partial charge in [-0.15, -0.1) is 10.2 Å². The van der Waals surface area contributed by atoms with Gasteiger partial charge in [0, 0.05) is 11.3 Å². The highest BCUT2D eigenvalue weighted by Crippen LogP contribution is 2.30. The van der Waals surface area contributed by atoms with Crippen LogP contribution in [0.15, 0.2) is 59.8 Å². The van der Waals surface area contributed by atoms with Crippen LogP contribution in [0.4, 0.5) is 4.39 Å². The topological polar surface area (TPSA) is 51.0 Å². The van der Waals surface area contributed by atoms with Gasteiger partial charge in [-0.1, -0.05) is 42.1 Å². The van der Waals surface area contributed by atoms with Gasteiger partial charge in [-0.05, 0) is 52.2 Å². The van der Waals surface area contributed by atoms with Crippen LogP contribution in [0.5, 0.6) is 0 Å². The highest BCUT2D eigenvalue weighted by molar-refractivity contribution is 8.00. The van der Waals surface area contributed by atoms with Crippen molar-refractivity contribution in [2.45, 2.75) is 30.3 Å². The molecule has 0 N–H and O–H groups in total. The number of rotatable bonds is 7. The third kappa shape index (κ3) is 4.31. The van der Waals surface area contributed by atoms with E-state index in [1.807, 2.05) is 67.7 Å². The molecule has 0 saturated heterocycles. The number of carbonyl (C=O) groups is 1. The first-order valence-electron chi connectivity index (χ1n) is 9.02. The van der Waals surface area contributed by atoms with Crippen molar-refractivity contribution < 1.29 is 9.18 Å². The van der Waals surface area contributed by atoms with Crippen molar-refractivity contribution >= 4 is 17.5 Å². The van der Waals surface area contributed by atoms with Crippen molar-refractivity contribution in [2.75, 3.05) is 14.1 Å². The molecule has 0 radical (unpaired) electrons. The number of hydrogen-bond acceptors (Lipinski definition) is 5. The Balaban J connectivity index is 1.96. The van der Waals surface area contributed by atoms with E-state index >= 15 is 0 Å². The van der Waals surface area contributed by atoms with Gasteiger partial charge < -0.3 is 0 Å². The van der Waals surface area contributed by atoms with Gasteiger partial charge in [0.05, 0.1) is 11.3 Å². The van der Waals surface area contributed by atoms with E-state index in [4.69, 9.17) is 0 Å². The fourth-order valence-corrected chi connectivity index (χ4v) is 3.69. The molecule has 3 aromatic rings. The molecule has 2 atom stereocenters. The van der Waals surface area contributed by atoms with E-state index < -0.39 is 0 Å². The highest BCUT2D eigenvalue weighted by Gasteiger charge is 2.24. The van der Waals surface area contributed by atoms with Crippen molar-refractivity contribution in [3.05, 3.63) is 71.8 Å². The van der Waals surface area contributed by atoms with E-state index in [9.17, 15) is 9.18 Å². The van der Waals surface area contributed by atoms with Crippen molar-refractivity contribution in [1.82, 2.24) is 19.7 Å². The Kier molecular flexibility index (Phi) is 6.26. The minimum Gasteiger partial charge on any atom is -0.300 e. The minimum absolute atomic E-state index is 0.00738. The van der Waals surface area contributed by atoms with E-state index in [1.165, 1.54) is 23.9 Å². The lowest BCUT2D eigenvalue weighted by Gasteiger charge is -2.21. The summed E-state index contributed by atoms with van der Waals surface area (Å²) in [6, 6.07) is 15.4. The number of thioether (sulfide) groups is 1. The zero-order valence-electron chi connectivity index (χ0n) is 16.3. The molecule has 0 bridgehead atoms. The van der Waals surface area contributed by atoms with E-state index in [2.05, 4.69) is 10.2 Å². The van der Waals surface area contributed by atoms with Crippen molar-refractivity contribution in [1.29, 1.82) is 0 Å². The van der Waals surface area contributed by atoms with Crippen LogP contribution >= 0.6 is 11.8 Å². The molecule has 0 unspecified atom stereocenters. The Morgan fingerprint density at radius 3 is 2.29 bits per heavy atom. The summed E-state index contributed by atoms with van der Waals surface area (Å²) in [6.07, 6.45) is 0. The predicted molar refractivity (Wildman–Crippen MR) is 110 cm³/mol. The van der Waals surface area contributed by atoms with Crippen molar-refractivity contribution in [2.24, 2.45) is 0 Å². The number of carbonyl (C=O) groups excluding carboxylic acids is 1. The molecule has 0 saturated carbocycles. The van der Waals surface area contributed by atoms with E-state index in [-0.39, 0.29) is 22.9 Å². The third-order valence-electron chi connectivity index (χ3n) is 4.60. The average molecular weight is 399 g/mol. The molecule has 146 valence electrons. The second-order valence-corrected chi connectivity index (χ2v) is 8.09. The summed E-state index contributed by atoms with van der Waals surface area (Å²) in [5.74, 6) is 0.459. The smallest absolute Gasteiger partial charge is 0.196 e. The number of benzene rings is 2. The Bertz CT molecular complexity index is 941. The molecule has 28 heavy (non-hydrogen) atoms. The van der Waals surface area contributed by atoms with Gasteiger partial charge in [-0.25, -0.2) is 4.39 Å². The number of nitrogens with zero attached hydrogens (tertiary/aromatic N) is 4. The maximum absolute atomic E-state index is 13.4. The molecule has 1 aromatic heterocycles. The molecule has 5 nitrogen and oxygen atoms in total. The number of aromatic nitrogens is 3.